The van der Waals surface area contributed by atoms with Crippen molar-refractivity contribution in [2.45, 2.75) is 39.7 Å². The molecule has 1 aromatic heterocycles. The Kier molecular flexibility index (Phi) is 5.12. The molecule has 2 rings (SSSR count). The highest BCUT2D eigenvalue weighted by Gasteiger charge is 2.25. The Labute approximate surface area is 127 Å². The summed E-state index contributed by atoms with van der Waals surface area (Å²) in [7, 11) is 0. The number of pyridine rings is 1. The second-order valence-corrected chi connectivity index (χ2v) is 6.99. The summed E-state index contributed by atoms with van der Waals surface area (Å²) >= 11 is 0. The predicted molar refractivity (Wildman–Crippen MR) is 85.4 cm³/mol. The van der Waals surface area contributed by atoms with E-state index in [0.717, 1.165) is 31.6 Å². The van der Waals surface area contributed by atoms with Gasteiger partial charge in [-0.1, -0.05) is 33.8 Å². The lowest BCUT2D eigenvalue weighted by Gasteiger charge is -2.35. The first-order valence-electron chi connectivity index (χ1n) is 7.77. The summed E-state index contributed by atoms with van der Waals surface area (Å²) in [4.78, 5) is 17.7. The molecule has 2 heterocycles. The molecule has 4 nitrogen and oxygen atoms in total. The van der Waals surface area contributed by atoms with Crippen LogP contribution in [0.4, 0.5) is 0 Å². The number of nitrogens with one attached hydrogen (secondary N) is 1. The average molecular weight is 289 g/mol. The van der Waals surface area contributed by atoms with Gasteiger partial charge in [-0.25, -0.2) is 0 Å². The van der Waals surface area contributed by atoms with Crippen LogP contribution in [-0.4, -0.2) is 42.3 Å². The summed E-state index contributed by atoms with van der Waals surface area (Å²) in [5.41, 5.74) is 2.54. The van der Waals surface area contributed by atoms with Crippen LogP contribution in [0.25, 0.3) is 0 Å². The summed E-state index contributed by atoms with van der Waals surface area (Å²) in [5.74, 6) is 0.419. The normalized spacial score (nSPS) is 22.0. The van der Waals surface area contributed by atoms with E-state index in [1.54, 1.807) is 0 Å². The number of carbonyl (C=O) groups is 1. The molecule has 1 aliphatic rings. The number of rotatable bonds is 4. The number of hydrogen-bond acceptors (Lipinski definition) is 4. The van der Waals surface area contributed by atoms with Gasteiger partial charge in [0.15, 0.2) is 0 Å². The second kappa shape index (κ2) is 6.67. The van der Waals surface area contributed by atoms with E-state index >= 15 is 0 Å². The number of aromatic nitrogens is 1. The van der Waals surface area contributed by atoms with E-state index in [1.807, 2.05) is 6.20 Å². The van der Waals surface area contributed by atoms with E-state index in [-0.39, 0.29) is 11.5 Å². The summed E-state index contributed by atoms with van der Waals surface area (Å²) in [5, 5.41) is 3.40. The van der Waals surface area contributed by atoms with E-state index < -0.39 is 0 Å². The third-order valence-electron chi connectivity index (χ3n) is 4.60. The van der Waals surface area contributed by atoms with Crippen molar-refractivity contribution in [3.05, 3.63) is 29.6 Å². The number of piperazine rings is 1. The Balaban J connectivity index is 2.15. The second-order valence-electron chi connectivity index (χ2n) is 6.99. The minimum Gasteiger partial charge on any atom is -0.314 e. The maximum absolute atomic E-state index is 10.8. The van der Waals surface area contributed by atoms with Crippen LogP contribution in [-0.2, 0) is 4.79 Å². The SMILES string of the molecule is CC(c1ccc(C2CNCCN2CC=O)cn1)C(C)(C)C. The molecule has 0 saturated carbocycles. The molecule has 0 bridgehead atoms. The van der Waals surface area contributed by atoms with E-state index in [1.165, 1.54) is 5.56 Å². The highest BCUT2D eigenvalue weighted by Crippen LogP contribution is 2.33. The molecule has 4 heteroatoms. The Hall–Kier alpha value is -1.26. The summed E-state index contributed by atoms with van der Waals surface area (Å²) in [6.07, 6.45) is 2.97. The van der Waals surface area contributed by atoms with Gasteiger partial charge in [-0.2, -0.15) is 0 Å². The number of hydrogen-bond donors (Lipinski definition) is 1. The van der Waals surface area contributed by atoms with Gasteiger partial charge in [0.05, 0.1) is 6.54 Å². The van der Waals surface area contributed by atoms with Crippen molar-refractivity contribution in [2.24, 2.45) is 5.41 Å². The average Bonchev–Trinajstić information content (AvgIpc) is 2.47. The fourth-order valence-corrected chi connectivity index (χ4v) is 2.70. The zero-order valence-electron chi connectivity index (χ0n) is 13.6. The van der Waals surface area contributed by atoms with E-state index in [4.69, 9.17) is 0 Å². The molecule has 0 amide bonds. The van der Waals surface area contributed by atoms with Crippen LogP contribution in [0.3, 0.4) is 0 Å². The van der Waals surface area contributed by atoms with Crippen molar-refractivity contribution in [1.82, 2.24) is 15.2 Å². The number of nitrogens with zero attached hydrogens (tertiary/aromatic N) is 2. The Morgan fingerprint density at radius 3 is 2.81 bits per heavy atom. The Bertz CT molecular complexity index is 464. The van der Waals surface area contributed by atoms with Gasteiger partial charge in [-0.15, -0.1) is 0 Å². The van der Waals surface area contributed by atoms with Gasteiger partial charge in [0.1, 0.15) is 6.29 Å². The molecule has 2 atom stereocenters. The van der Waals surface area contributed by atoms with Crippen molar-refractivity contribution in [3.63, 3.8) is 0 Å². The number of carbonyl (C=O) groups excluding carboxylic acids is 1. The first-order valence-corrected chi connectivity index (χ1v) is 7.77. The van der Waals surface area contributed by atoms with Gasteiger partial charge >= 0.3 is 0 Å². The lowest BCUT2D eigenvalue weighted by molar-refractivity contribution is -0.109. The van der Waals surface area contributed by atoms with Crippen molar-refractivity contribution in [1.29, 1.82) is 0 Å². The van der Waals surface area contributed by atoms with Gasteiger partial charge < -0.3 is 10.1 Å². The Morgan fingerprint density at radius 1 is 1.48 bits per heavy atom. The highest BCUT2D eigenvalue weighted by molar-refractivity contribution is 5.52. The minimum absolute atomic E-state index is 0.213. The van der Waals surface area contributed by atoms with Crippen molar-refractivity contribution in [2.75, 3.05) is 26.2 Å². The molecule has 0 radical (unpaired) electrons. The predicted octanol–water partition coefficient (Wildman–Crippen LogP) is 2.38. The van der Waals surface area contributed by atoms with Crippen molar-refractivity contribution >= 4 is 6.29 Å². The monoisotopic (exact) mass is 289 g/mol. The lowest BCUT2D eigenvalue weighted by atomic mass is 9.80. The first-order chi connectivity index (χ1) is 9.93. The summed E-state index contributed by atoms with van der Waals surface area (Å²) in [6.45, 7) is 12.2. The minimum atomic E-state index is 0.213. The van der Waals surface area contributed by atoms with Crippen molar-refractivity contribution in [3.8, 4) is 0 Å². The van der Waals surface area contributed by atoms with E-state index in [0.29, 0.717) is 12.5 Å². The summed E-state index contributed by atoms with van der Waals surface area (Å²) < 4.78 is 0. The van der Waals surface area contributed by atoms with Crippen LogP contribution in [0.2, 0.25) is 0 Å². The molecule has 1 fully saturated rings. The molecule has 1 aliphatic heterocycles. The third-order valence-corrected chi connectivity index (χ3v) is 4.60. The van der Waals surface area contributed by atoms with Crippen molar-refractivity contribution < 1.29 is 4.79 Å². The molecule has 1 N–H and O–H groups in total. The van der Waals surface area contributed by atoms with Crippen LogP contribution in [0, 0.1) is 5.41 Å². The van der Waals surface area contributed by atoms with E-state index in [2.05, 4.69) is 55.0 Å². The highest BCUT2D eigenvalue weighted by atomic mass is 16.1. The molecule has 0 aromatic carbocycles. The van der Waals surface area contributed by atoms with Gasteiger partial charge in [0, 0.05) is 43.5 Å². The lowest BCUT2D eigenvalue weighted by Crippen LogP contribution is -2.46. The molecule has 1 saturated heterocycles. The topological polar surface area (TPSA) is 45.2 Å². The molecular weight excluding hydrogens is 262 g/mol. The maximum atomic E-state index is 10.8. The summed E-state index contributed by atoms with van der Waals surface area (Å²) in [6, 6.07) is 4.55. The molecule has 0 spiro atoms. The smallest absolute Gasteiger partial charge is 0.134 e. The zero-order chi connectivity index (χ0) is 15.5. The van der Waals surface area contributed by atoms with E-state index in [9.17, 15) is 4.79 Å². The van der Waals surface area contributed by atoms with Crippen LogP contribution in [0.15, 0.2) is 18.3 Å². The van der Waals surface area contributed by atoms with Gasteiger partial charge in [-0.3, -0.25) is 9.88 Å². The molecule has 0 aliphatic carbocycles. The van der Waals surface area contributed by atoms with Crippen LogP contribution < -0.4 is 5.32 Å². The maximum Gasteiger partial charge on any atom is 0.134 e. The first kappa shape index (κ1) is 16.1. The quantitative estimate of drug-likeness (QED) is 0.864. The molecular formula is C17H27N3O. The van der Waals surface area contributed by atoms with Crippen LogP contribution >= 0.6 is 0 Å². The van der Waals surface area contributed by atoms with Gasteiger partial charge in [0.2, 0.25) is 0 Å². The van der Waals surface area contributed by atoms with Crippen LogP contribution in [0.5, 0.6) is 0 Å². The third kappa shape index (κ3) is 3.89. The zero-order valence-corrected chi connectivity index (χ0v) is 13.6. The molecule has 116 valence electrons. The van der Waals surface area contributed by atoms with Crippen LogP contribution in [0.1, 0.15) is 50.9 Å². The molecule has 21 heavy (non-hydrogen) atoms. The fourth-order valence-electron chi connectivity index (χ4n) is 2.70. The fraction of sp³-hybridized carbons (Fsp3) is 0.647. The number of aldehydes is 1. The largest absolute Gasteiger partial charge is 0.314 e. The Morgan fingerprint density at radius 2 is 2.24 bits per heavy atom. The standard InChI is InChI=1S/C17H27N3O/c1-13(17(2,3)4)15-6-5-14(11-19-15)16-12-18-7-8-20(16)9-10-21/h5-6,10-11,13,16,18H,7-9,12H2,1-4H3. The molecule has 2 unspecified atom stereocenters. The van der Waals surface area contributed by atoms with Gasteiger partial charge in [0.25, 0.3) is 0 Å². The van der Waals surface area contributed by atoms with Gasteiger partial charge in [-0.05, 0) is 17.0 Å². The molecule has 1 aromatic rings.